The summed E-state index contributed by atoms with van der Waals surface area (Å²) in [4.78, 5) is 27.9. The Hall–Kier alpha value is -3.38. The molecule has 142 valence electrons. The second-order valence-corrected chi connectivity index (χ2v) is 6.67. The quantitative estimate of drug-likeness (QED) is 0.568. The van der Waals surface area contributed by atoms with E-state index in [9.17, 15) is 9.59 Å². The number of hydrogen-bond acceptors (Lipinski definition) is 4. The highest BCUT2D eigenvalue weighted by Gasteiger charge is 2.10. The summed E-state index contributed by atoms with van der Waals surface area (Å²) in [5, 5.41) is 9.39. The van der Waals surface area contributed by atoms with Crippen LogP contribution in [0.4, 0.5) is 22.7 Å². The van der Waals surface area contributed by atoms with Gasteiger partial charge in [0.15, 0.2) is 0 Å². The number of hydrogen-bond donors (Lipinski definition) is 3. The number of rotatable bonds is 5. The summed E-state index contributed by atoms with van der Waals surface area (Å²) in [6.45, 7) is 3.32. The number of carbonyl (C=O) groups is 2. The Morgan fingerprint density at radius 1 is 0.929 bits per heavy atom. The number of benzene rings is 2. The molecule has 6 nitrogen and oxygen atoms in total. The largest absolute Gasteiger partial charge is 0.355 e. The molecule has 0 spiro atoms. The monoisotopic (exact) mass is 394 g/mol. The predicted octanol–water partition coefficient (Wildman–Crippen LogP) is 5.00. The molecular formula is C21H19ClN4O2. The van der Waals surface area contributed by atoms with Gasteiger partial charge in [-0.1, -0.05) is 17.7 Å². The molecule has 28 heavy (non-hydrogen) atoms. The molecule has 0 fully saturated rings. The summed E-state index contributed by atoms with van der Waals surface area (Å²) in [5.74, 6) is -0.460. The van der Waals surface area contributed by atoms with E-state index in [2.05, 4.69) is 20.9 Å². The van der Waals surface area contributed by atoms with E-state index in [0.29, 0.717) is 22.1 Å². The fourth-order valence-corrected chi connectivity index (χ4v) is 2.86. The second-order valence-electron chi connectivity index (χ2n) is 6.23. The number of carbonyl (C=O) groups excluding carboxylic acids is 2. The molecule has 1 heterocycles. The summed E-state index contributed by atoms with van der Waals surface area (Å²) in [6.07, 6.45) is 1.56. The van der Waals surface area contributed by atoms with Crippen LogP contribution < -0.4 is 16.0 Å². The molecule has 2 amide bonds. The Balaban J connectivity index is 1.75. The van der Waals surface area contributed by atoms with Crippen molar-refractivity contribution in [2.45, 2.75) is 13.8 Å². The number of aryl methyl sites for hydroxylation is 1. The van der Waals surface area contributed by atoms with Crippen molar-refractivity contribution in [2.75, 3.05) is 16.0 Å². The number of nitrogens with zero attached hydrogens (tertiary/aromatic N) is 1. The second kappa shape index (κ2) is 8.54. The molecule has 0 aliphatic heterocycles. The first-order valence-corrected chi connectivity index (χ1v) is 8.97. The number of anilines is 4. The summed E-state index contributed by atoms with van der Waals surface area (Å²) >= 11 is 5.95. The molecule has 7 heteroatoms. The van der Waals surface area contributed by atoms with E-state index in [1.54, 1.807) is 48.7 Å². The van der Waals surface area contributed by atoms with Crippen molar-refractivity contribution in [3.8, 4) is 0 Å². The van der Waals surface area contributed by atoms with E-state index in [1.165, 1.54) is 6.92 Å². The Morgan fingerprint density at radius 3 is 2.43 bits per heavy atom. The van der Waals surface area contributed by atoms with Crippen LogP contribution in [0.1, 0.15) is 23.0 Å². The zero-order chi connectivity index (χ0) is 20.1. The molecule has 0 saturated heterocycles. The molecule has 3 N–H and O–H groups in total. The summed E-state index contributed by atoms with van der Waals surface area (Å²) in [5.41, 5.74) is 3.98. The number of amides is 2. The third kappa shape index (κ3) is 5.08. The Kier molecular flexibility index (Phi) is 5.91. The fraction of sp³-hybridized carbons (Fsp3) is 0.0952. The van der Waals surface area contributed by atoms with Crippen LogP contribution in [0.2, 0.25) is 5.02 Å². The van der Waals surface area contributed by atoms with Gasteiger partial charge in [-0.2, -0.15) is 0 Å². The lowest BCUT2D eigenvalue weighted by molar-refractivity contribution is -0.114. The van der Waals surface area contributed by atoms with E-state index in [0.717, 1.165) is 11.3 Å². The van der Waals surface area contributed by atoms with Gasteiger partial charge in [-0.15, -0.1) is 0 Å². The van der Waals surface area contributed by atoms with Crippen LogP contribution in [0.15, 0.2) is 60.8 Å². The Morgan fingerprint density at radius 2 is 1.68 bits per heavy atom. The minimum absolute atomic E-state index is 0.141. The van der Waals surface area contributed by atoms with Crippen LogP contribution in [0, 0.1) is 6.92 Å². The topological polar surface area (TPSA) is 83.1 Å². The molecular weight excluding hydrogens is 376 g/mol. The normalized spacial score (nSPS) is 10.2. The third-order valence-corrected chi connectivity index (χ3v) is 4.14. The Labute approximate surface area is 168 Å². The molecule has 0 radical (unpaired) electrons. The van der Waals surface area contributed by atoms with Gasteiger partial charge in [-0.25, -0.2) is 0 Å². The van der Waals surface area contributed by atoms with E-state index in [4.69, 9.17) is 11.6 Å². The number of aromatic nitrogens is 1. The van der Waals surface area contributed by atoms with Gasteiger partial charge >= 0.3 is 0 Å². The minimum Gasteiger partial charge on any atom is -0.355 e. The van der Waals surface area contributed by atoms with Crippen LogP contribution >= 0.6 is 11.6 Å². The molecule has 1 aromatic heterocycles. The maximum atomic E-state index is 12.5. The summed E-state index contributed by atoms with van der Waals surface area (Å²) in [6, 6.07) is 16.0. The van der Waals surface area contributed by atoms with Crippen LogP contribution in [0.3, 0.4) is 0 Å². The highest BCUT2D eigenvalue weighted by Crippen LogP contribution is 2.22. The number of pyridine rings is 1. The first-order valence-electron chi connectivity index (χ1n) is 8.59. The maximum absolute atomic E-state index is 12.5. The zero-order valence-corrected chi connectivity index (χ0v) is 16.2. The molecule has 0 saturated carbocycles. The molecule has 2 aromatic carbocycles. The van der Waals surface area contributed by atoms with E-state index in [-0.39, 0.29) is 17.5 Å². The van der Waals surface area contributed by atoms with Gasteiger partial charge in [0.25, 0.3) is 5.91 Å². The standard InChI is InChI=1S/C21H19ClN4O2/c1-13-10-15(22)6-7-19(13)26-21(28)20-12-18(8-9-23-20)25-17-5-3-4-16(11-17)24-14(2)27/h3-12H,1-2H3,(H,23,25)(H,24,27)(H,26,28). The summed E-state index contributed by atoms with van der Waals surface area (Å²) in [7, 11) is 0. The van der Waals surface area contributed by atoms with Gasteiger partial charge in [-0.05, 0) is 61.0 Å². The van der Waals surface area contributed by atoms with Crippen molar-refractivity contribution in [3.05, 3.63) is 77.1 Å². The van der Waals surface area contributed by atoms with Gasteiger partial charge in [0.2, 0.25) is 5.91 Å². The molecule has 0 bridgehead atoms. The maximum Gasteiger partial charge on any atom is 0.274 e. The van der Waals surface area contributed by atoms with Crippen molar-refractivity contribution in [2.24, 2.45) is 0 Å². The van der Waals surface area contributed by atoms with Crippen LogP contribution in [0.5, 0.6) is 0 Å². The van der Waals surface area contributed by atoms with Crippen molar-refractivity contribution < 1.29 is 9.59 Å². The van der Waals surface area contributed by atoms with Gasteiger partial charge in [0.1, 0.15) is 5.69 Å². The average Bonchev–Trinajstić information content (AvgIpc) is 2.64. The van der Waals surface area contributed by atoms with Gasteiger partial charge in [0.05, 0.1) is 0 Å². The van der Waals surface area contributed by atoms with E-state index >= 15 is 0 Å². The van der Waals surface area contributed by atoms with Crippen molar-refractivity contribution in [1.29, 1.82) is 0 Å². The molecule has 0 unspecified atom stereocenters. The van der Waals surface area contributed by atoms with Crippen molar-refractivity contribution in [1.82, 2.24) is 4.98 Å². The summed E-state index contributed by atoms with van der Waals surface area (Å²) < 4.78 is 0. The molecule has 0 atom stereocenters. The lowest BCUT2D eigenvalue weighted by Gasteiger charge is -2.11. The first-order chi connectivity index (χ1) is 13.4. The Bertz CT molecular complexity index is 1040. The molecule has 3 rings (SSSR count). The first kappa shape index (κ1) is 19.4. The zero-order valence-electron chi connectivity index (χ0n) is 15.4. The average molecular weight is 395 g/mol. The fourth-order valence-electron chi connectivity index (χ4n) is 2.63. The SMILES string of the molecule is CC(=O)Nc1cccc(Nc2ccnc(C(=O)Nc3ccc(Cl)cc3C)c2)c1. The lowest BCUT2D eigenvalue weighted by atomic mass is 10.2. The van der Waals surface area contributed by atoms with Crippen LogP contribution in [-0.4, -0.2) is 16.8 Å². The van der Waals surface area contributed by atoms with Crippen LogP contribution in [-0.2, 0) is 4.79 Å². The van der Waals surface area contributed by atoms with E-state index < -0.39 is 0 Å². The van der Waals surface area contributed by atoms with Gasteiger partial charge < -0.3 is 16.0 Å². The molecule has 0 aliphatic carbocycles. The van der Waals surface area contributed by atoms with Crippen LogP contribution in [0.25, 0.3) is 0 Å². The van der Waals surface area contributed by atoms with E-state index in [1.807, 2.05) is 19.1 Å². The predicted molar refractivity (Wildman–Crippen MR) is 112 cm³/mol. The highest BCUT2D eigenvalue weighted by molar-refractivity contribution is 6.30. The van der Waals surface area contributed by atoms with Gasteiger partial charge in [0, 0.05) is 40.9 Å². The minimum atomic E-state index is -0.318. The number of halogens is 1. The number of nitrogens with one attached hydrogen (secondary N) is 3. The highest BCUT2D eigenvalue weighted by atomic mass is 35.5. The van der Waals surface area contributed by atoms with Crippen molar-refractivity contribution >= 4 is 46.2 Å². The smallest absolute Gasteiger partial charge is 0.274 e. The molecule has 3 aromatic rings. The van der Waals surface area contributed by atoms with Crippen molar-refractivity contribution in [3.63, 3.8) is 0 Å². The third-order valence-electron chi connectivity index (χ3n) is 3.90. The van der Waals surface area contributed by atoms with Gasteiger partial charge in [-0.3, -0.25) is 14.6 Å². The lowest BCUT2D eigenvalue weighted by Crippen LogP contribution is -2.14. The molecule has 0 aliphatic rings.